The predicted octanol–water partition coefficient (Wildman–Crippen LogP) is 3.04. The predicted molar refractivity (Wildman–Crippen MR) is 59.8 cm³/mol. The van der Waals surface area contributed by atoms with Crippen molar-refractivity contribution in [2.75, 3.05) is 7.11 Å². The van der Waals surface area contributed by atoms with Gasteiger partial charge in [0.1, 0.15) is 6.29 Å². The Kier molecular flexibility index (Phi) is 4.27. The van der Waals surface area contributed by atoms with Crippen molar-refractivity contribution in [2.24, 2.45) is 0 Å². The highest BCUT2D eigenvalue weighted by atomic mass is 79.9. The Morgan fingerprint density at radius 1 is 1.60 bits per heavy atom. The molecule has 0 aliphatic carbocycles. The smallest absolute Gasteiger partial charge is 0.166 e. The van der Waals surface area contributed by atoms with Gasteiger partial charge in [-0.2, -0.15) is 0 Å². The first-order chi connectivity index (χ1) is 7.11. The molecule has 0 aliphatic rings. The topological polar surface area (TPSA) is 26.3 Å². The highest BCUT2D eigenvalue weighted by Crippen LogP contribution is 2.32. The van der Waals surface area contributed by atoms with E-state index in [4.69, 9.17) is 4.74 Å². The number of benzene rings is 1. The zero-order valence-electron chi connectivity index (χ0n) is 8.64. The number of carbonyl (C=O) groups is 1. The van der Waals surface area contributed by atoms with Gasteiger partial charge in [0, 0.05) is 16.5 Å². The number of hydrogen-bond acceptors (Lipinski definition) is 2. The standard InChI is InChI=1S/C11H12BrFO2/c1-7-8(4-3-5-14)11(15-2)10(13)6-9(7)12/h5-6H,3-4H2,1-2H3. The molecule has 0 radical (unpaired) electrons. The third kappa shape index (κ3) is 2.56. The van der Waals surface area contributed by atoms with Gasteiger partial charge >= 0.3 is 0 Å². The Hall–Kier alpha value is -0.900. The first-order valence-electron chi connectivity index (χ1n) is 4.57. The van der Waals surface area contributed by atoms with Gasteiger partial charge < -0.3 is 9.53 Å². The molecule has 0 spiro atoms. The third-order valence-corrected chi connectivity index (χ3v) is 3.10. The Balaban J connectivity index is 3.23. The van der Waals surface area contributed by atoms with Crippen LogP contribution in [-0.4, -0.2) is 13.4 Å². The van der Waals surface area contributed by atoms with Crippen molar-refractivity contribution in [3.8, 4) is 5.75 Å². The lowest BCUT2D eigenvalue weighted by Crippen LogP contribution is -2.00. The van der Waals surface area contributed by atoms with Gasteiger partial charge in [-0.25, -0.2) is 4.39 Å². The summed E-state index contributed by atoms with van der Waals surface area (Å²) >= 11 is 3.27. The van der Waals surface area contributed by atoms with E-state index in [9.17, 15) is 9.18 Å². The van der Waals surface area contributed by atoms with Crippen molar-refractivity contribution in [3.05, 3.63) is 27.5 Å². The van der Waals surface area contributed by atoms with Crippen LogP contribution in [0.25, 0.3) is 0 Å². The Morgan fingerprint density at radius 3 is 2.80 bits per heavy atom. The summed E-state index contributed by atoms with van der Waals surface area (Å²) in [4.78, 5) is 10.3. The van der Waals surface area contributed by atoms with Crippen molar-refractivity contribution < 1.29 is 13.9 Å². The zero-order valence-corrected chi connectivity index (χ0v) is 10.2. The SMILES string of the molecule is COc1c(F)cc(Br)c(C)c1CCC=O. The van der Waals surface area contributed by atoms with Crippen LogP contribution in [0.4, 0.5) is 4.39 Å². The number of carbonyl (C=O) groups excluding carboxylic acids is 1. The summed E-state index contributed by atoms with van der Waals surface area (Å²) in [6, 6.07) is 1.37. The second-order valence-corrected chi connectivity index (χ2v) is 4.04. The molecule has 2 nitrogen and oxygen atoms in total. The van der Waals surface area contributed by atoms with Gasteiger partial charge in [-0.15, -0.1) is 0 Å². The average molecular weight is 275 g/mol. The number of methoxy groups -OCH3 is 1. The van der Waals surface area contributed by atoms with E-state index in [1.54, 1.807) is 0 Å². The van der Waals surface area contributed by atoms with Crippen LogP contribution in [0.2, 0.25) is 0 Å². The van der Waals surface area contributed by atoms with Crippen molar-refractivity contribution in [3.63, 3.8) is 0 Å². The molecule has 1 aromatic rings. The minimum absolute atomic E-state index is 0.234. The maximum atomic E-state index is 13.5. The van der Waals surface area contributed by atoms with E-state index >= 15 is 0 Å². The molecule has 0 heterocycles. The molecule has 1 rings (SSSR count). The molecule has 0 bridgehead atoms. The molecule has 4 heteroatoms. The van der Waals surface area contributed by atoms with Gasteiger partial charge in [-0.05, 0) is 25.0 Å². The monoisotopic (exact) mass is 274 g/mol. The van der Waals surface area contributed by atoms with Gasteiger partial charge in [0.2, 0.25) is 0 Å². The van der Waals surface area contributed by atoms with Crippen molar-refractivity contribution in [1.29, 1.82) is 0 Å². The van der Waals surface area contributed by atoms with Gasteiger partial charge in [0.05, 0.1) is 7.11 Å². The first-order valence-corrected chi connectivity index (χ1v) is 5.36. The Bertz CT molecular complexity index is 377. The Morgan fingerprint density at radius 2 is 2.27 bits per heavy atom. The fraction of sp³-hybridized carbons (Fsp3) is 0.364. The molecule has 0 aliphatic heterocycles. The minimum Gasteiger partial charge on any atom is -0.493 e. The molecular formula is C11H12BrFO2. The fourth-order valence-corrected chi connectivity index (χ4v) is 1.91. The van der Waals surface area contributed by atoms with E-state index in [1.165, 1.54) is 13.2 Å². The van der Waals surface area contributed by atoms with Crippen LogP contribution in [0.15, 0.2) is 10.5 Å². The normalized spacial score (nSPS) is 10.1. The second kappa shape index (κ2) is 5.26. The summed E-state index contributed by atoms with van der Waals surface area (Å²) in [5.41, 5.74) is 1.66. The molecule has 0 saturated carbocycles. The number of ether oxygens (including phenoxy) is 1. The van der Waals surface area contributed by atoms with E-state index in [1.807, 2.05) is 6.92 Å². The highest BCUT2D eigenvalue weighted by molar-refractivity contribution is 9.10. The molecule has 0 fully saturated rings. The van der Waals surface area contributed by atoms with Crippen molar-refractivity contribution in [1.82, 2.24) is 0 Å². The summed E-state index contributed by atoms with van der Waals surface area (Å²) in [6.07, 6.45) is 1.68. The van der Waals surface area contributed by atoms with E-state index in [0.717, 1.165) is 17.4 Å². The van der Waals surface area contributed by atoms with E-state index in [-0.39, 0.29) is 5.75 Å². The van der Waals surface area contributed by atoms with Crippen LogP contribution < -0.4 is 4.74 Å². The second-order valence-electron chi connectivity index (χ2n) is 3.18. The quantitative estimate of drug-likeness (QED) is 0.789. The van der Waals surface area contributed by atoms with Gasteiger partial charge in [0.25, 0.3) is 0 Å². The van der Waals surface area contributed by atoms with Crippen LogP contribution in [0.5, 0.6) is 5.75 Å². The minimum atomic E-state index is -0.407. The van der Waals surface area contributed by atoms with Gasteiger partial charge in [0.15, 0.2) is 11.6 Å². The van der Waals surface area contributed by atoms with E-state index < -0.39 is 5.82 Å². The highest BCUT2D eigenvalue weighted by Gasteiger charge is 2.14. The molecule has 0 N–H and O–H groups in total. The van der Waals surface area contributed by atoms with Crippen LogP contribution in [-0.2, 0) is 11.2 Å². The maximum absolute atomic E-state index is 13.5. The van der Waals surface area contributed by atoms with Crippen molar-refractivity contribution >= 4 is 22.2 Å². The molecular weight excluding hydrogens is 263 g/mol. The average Bonchev–Trinajstić information content (AvgIpc) is 2.21. The molecule has 0 amide bonds. The number of rotatable bonds is 4. The van der Waals surface area contributed by atoms with Gasteiger partial charge in [-0.3, -0.25) is 0 Å². The lowest BCUT2D eigenvalue weighted by atomic mass is 10.0. The molecule has 0 saturated heterocycles. The largest absolute Gasteiger partial charge is 0.493 e. The van der Waals surface area contributed by atoms with Crippen LogP contribution in [0, 0.1) is 12.7 Å². The van der Waals surface area contributed by atoms with E-state index in [0.29, 0.717) is 17.3 Å². The number of halogens is 2. The maximum Gasteiger partial charge on any atom is 0.166 e. The number of aldehydes is 1. The summed E-state index contributed by atoms with van der Waals surface area (Å²) < 4.78 is 19.2. The van der Waals surface area contributed by atoms with Crippen LogP contribution >= 0.6 is 15.9 Å². The summed E-state index contributed by atoms with van der Waals surface area (Å²) in [5.74, 6) is -0.173. The lowest BCUT2D eigenvalue weighted by molar-refractivity contribution is -0.107. The molecule has 0 aromatic heterocycles. The molecule has 15 heavy (non-hydrogen) atoms. The van der Waals surface area contributed by atoms with Crippen LogP contribution in [0.3, 0.4) is 0 Å². The van der Waals surface area contributed by atoms with Crippen molar-refractivity contribution in [2.45, 2.75) is 19.8 Å². The lowest BCUT2D eigenvalue weighted by Gasteiger charge is -2.13. The number of hydrogen-bond donors (Lipinski definition) is 0. The molecule has 82 valence electrons. The third-order valence-electron chi connectivity index (χ3n) is 2.27. The molecule has 0 atom stereocenters. The zero-order chi connectivity index (χ0) is 11.4. The van der Waals surface area contributed by atoms with Gasteiger partial charge in [-0.1, -0.05) is 15.9 Å². The summed E-state index contributed by atoms with van der Waals surface area (Å²) in [6.45, 7) is 1.87. The first kappa shape index (κ1) is 12.2. The molecule has 1 aromatic carbocycles. The Labute approximate surface area is 96.6 Å². The summed E-state index contributed by atoms with van der Waals surface area (Å²) in [5, 5.41) is 0. The van der Waals surface area contributed by atoms with Crippen LogP contribution in [0.1, 0.15) is 17.5 Å². The van der Waals surface area contributed by atoms with E-state index in [2.05, 4.69) is 15.9 Å². The molecule has 0 unspecified atom stereocenters. The fourth-order valence-electron chi connectivity index (χ4n) is 1.47. The summed E-state index contributed by atoms with van der Waals surface area (Å²) in [7, 11) is 1.43.